The first-order valence-electron chi connectivity index (χ1n) is 9.02. The Balaban J connectivity index is 1.56. The molecular formula is C19H24F3NO3. The first-order valence-corrected chi connectivity index (χ1v) is 9.02. The molecule has 0 radical (unpaired) electrons. The number of alkyl halides is 3. The van der Waals surface area contributed by atoms with E-state index in [0.29, 0.717) is 26.3 Å². The maximum absolute atomic E-state index is 12.7. The van der Waals surface area contributed by atoms with E-state index < -0.39 is 11.7 Å². The molecule has 0 N–H and O–H groups in total. The number of amides is 1. The summed E-state index contributed by atoms with van der Waals surface area (Å²) < 4.78 is 49.1. The third-order valence-electron chi connectivity index (χ3n) is 5.13. The summed E-state index contributed by atoms with van der Waals surface area (Å²) in [6, 6.07) is 5.06. The highest BCUT2D eigenvalue weighted by atomic mass is 19.4. The lowest BCUT2D eigenvalue weighted by atomic mass is 9.93. The van der Waals surface area contributed by atoms with Gasteiger partial charge in [-0.3, -0.25) is 4.79 Å². The summed E-state index contributed by atoms with van der Waals surface area (Å²) in [5, 5.41) is 0. The van der Waals surface area contributed by atoms with Gasteiger partial charge in [-0.15, -0.1) is 0 Å². The smallest absolute Gasteiger partial charge is 0.350 e. The summed E-state index contributed by atoms with van der Waals surface area (Å²) in [5.74, 6) is 0.0841. The Morgan fingerprint density at radius 3 is 2.50 bits per heavy atom. The summed E-state index contributed by atoms with van der Waals surface area (Å²) in [6.45, 7) is 4.39. The fourth-order valence-corrected chi connectivity index (χ4v) is 3.62. The largest absolute Gasteiger partial charge is 0.416 e. The maximum Gasteiger partial charge on any atom is 0.416 e. The highest BCUT2D eigenvalue weighted by Gasteiger charge is 2.33. The van der Waals surface area contributed by atoms with Gasteiger partial charge in [0.25, 0.3) is 0 Å². The molecule has 2 fully saturated rings. The van der Waals surface area contributed by atoms with Crippen LogP contribution in [-0.4, -0.2) is 43.4 Å². The summed E-state index contributed by atoms with van der Waals surface area (Å²) in [4.78, 5) is 14.5. The van der Waals surface area contributed by atoms with E-state index in [4.69, 9.17) is 9.47 Å². The van der Waals surface area contributed by atoms with Crippen LogP contribution in [-0.2, 0) is 20.4 Å². The monoisotopic (exact) mass is 371 g/mol. The van der Waals surface area contributed by atoms with E-state index in [1.54, 1.807) is 0 Å². The average Bonchev–Trinajstić information content (AvgIpc) is 3.16. The van der Waals surface area contributed by atoms with Gasteiger partial charge < -0.3 is 14.4 Å². The van der Waals surface area contributed by atoms with Gasteiger partial charge in [-0.1, -0.05) is 19.1 Å². The second kappa shape index (κ2) is 7.96. The number of carbonyl (C=O) groups is 1. The van der Waals surface area contributed by atoms with Gasteiger partial charge in [0.2, 0.25) is 5.91 Å². The van der Waals surface area contributed by atoms with E-state index in [-0.39, 0.29) is 30.5 Å². The Bertz CT molecular complexity index is 611. The molecule has 0 aromatic heterocycles. The van der Waals surface area contributed by atoms with Gasteiger partial charge in [-0.2, -0.15) is 13.2 Å². The van der Waals surface area contributed by atoms with Crippen LogP contribution in [0.2, 0.25) is 0 Å². The third kappa shape index (κ3) is 4.57. The molecule has 7 heteroatoms. The van der Waals surface area contributed by atoms with Gasteiger partial charge in [0.15, 0.2) is 6.29 Å². The first kappa shape index (κ1) is 19.2. The fourth-order valence-electron chi connectivity index (χ4n) is 3.62. The SMILES string of the molecule is CC(CC(=O)N1CCCC(C2OCCO2)C1)c1ccc(C(F)(F)F)cc1. The van der Waals surface area contributed by atoms with Crippen molar-refractivity contribution < 1.29 is 27.4 Å². The van der Waals surface area contributed by atoms with Crippen LogP contribution >= 0.6 is 0 Å². The van der Waals surface area contributed by atoms with Crippen molar-refractivity contribution in [1.29, 1.82) is 0 Å². The molecule has 4 nitrogen and oxygen atoms in total. The molecule has 2 aliphatic rings. The number of benzene rings is 1. The number of carbonyl (C=O) groups excluding carboxylic acids is 1. The number of hydrogen-bond donors (Lipinski definition) is 0. The van der Waals surface area contributed by atoms with E-state index >= 15 is 0 Å². The van der Waals surface area contributed by atoms with Crippen molar-refractivity contribution in [3.05, 3.63) is 35.4 Å². The van der Waals surface area contributed by atoms with Crippen molar-refractivity contribution in [1.82, 2.24) is 4.90 Å². The molecule has 2 aliphatic heterocycles. The lowest BCUT2D eigenvalue weighted by Crippen LogP contribution is -2.44. The van der Waals surface area contributed by atoms with Crippen LogP contribution in [0.3, 0.4) is 0 Å². The summed E-state index contributed by atoms with van der Waals surface area (Å²) in [6.07, 6.45) is -2.40. The molecule has 2 heterocycles. The molecule has 1 aromatic rings. The zero-order valence-corrected chi connectivity index (χ0v) is 14.8. The lowest BCUT2D eigenvalue weighted by molar-refractivity contribution is -0.140. The molecular weight excluding hydrogens is 347 g/mol. The number of hydrogen-bond acceptors (Lipinski definition) is 3. The van der Waals surface area contributed by atoms with E-state index in [2.05, 4.69) is 0 Å². The zero-order chi connectivity index (χ0) is 18.7. The summed E-state index contributed by atoms with van der Waals surface area (Å²) >= 11 is 0. The zero-order valence-electron chi connectivity index (χ0n) is 14.8. The molecule has 144 valence electrons. The van der Waals surface area contributed by atoms with Gasteiger partial charge in [-0.05, 0) is 36.5 Å². The molecule has 2 atom stereocenters. The van der Waals surface area contributed by atoms with Crippen molar-refractivity contribution in [2.24, 2.45) is 5.92 Å². The molecule has 0 bridgehead atoms. The normalized spacial score (nSPS) is 23.2. The van der Waals surface area contributed by atoms with Crippen LogP contribution in [0, 0.1) is 5.92 Å². The van der Waals surface area contributed by atoms with Crippen molar-refractivity contribution >= 4 is 5.91 Å². The molecule has 0 aliphatic carbocycles. The highest BCUT2D eigenvalue weighted by Crippen LogP contribution is 2.31. The average molecular weight is 371 g/mol. The Morgan fingerprint density at radius 1 is 1.23 bits per heavy atom. The lowest BCUT2D eigenvalue weighted by Gasteiger charge is -2.35. The van der Waals surface area contributed by atoms with Crippen molar-refractivity contribution in [2.45, 2.75) is 44.6 Å². The van der Waals surface area contributed by atoms with E-state index in [0.717, 1.165) is 30.5 Å². The molecule has 26 heavy (non-hydrogen) atoms. The predicted octanol–water partition coefficient (Wildman–Crippen LogP) is 3.81. The van der Waals surface area contributed by atoms with E-state index in [1.165, 1.54) is 12.1 Å². The number of nitrogens with zero attached hydrogens (tertiary/aromatic N) is 1. The van der Waals surface area contributed by atoms with Gasteiger partial charge in [0.05, 0.1) is 18.8 Å². The van der Waals surface area contributed by atoms with Gasteiger partial charge in [0, 0.05) is 25.4 Å². The number of likely N-dealkylation sites (tertiary alicyclic amines) is 1. The summed E-state index contributed by atoms with van der Waals surface area (Å²) in [7, 11) is 0. The molecule has 0 saturated carbocycles. The molecule has 1 amide bonds. The van der Waals surface area contributed by atoms with Crippen molar-refractivity contribution in [3.63, 3.8) is 0 Å². The van der Waals surface area contributed by atoms with Crippen LogP contribution in [0.5, 0.6) is 0 Å². The molecule has 2 saturated heterocycles. The minimum absolute atomic E-state index is 0.0279. The Morgan fingerprint density at radius 2 is 1.88 bits per heavy atom. The third-order valence-corrected chi connectivity index (χ3v) is 5.13. The standard InChI is InChI=1S/C19H24F3NO3/c1-13(14-4-6-16(7-5-14)19(20,21)22)11-17(24)23-8-2-3-15(12-23)18-25-9-10-26-18/h4-7,13,15,18H,2-3,8-12H2,1H3. The maximum atomic E-state index is 12.7. The second-order valence-electron chi connectivity index (χ2n) is 7.08. The van der Waals surface area contributed by atoms with E-state index in [9.17, 15) is 18.0 Å². The predicted molar refractivity (Wildman–Crippen MR) is 89.5 cm³/mol. The van der Waals surface area contributed by atoms with Crippen LogP contribution in [0.1, 0.15) is 43.2 Å². The Kier molecular flexibility index (Phi) is 5.87. The van der Waals surface area contributed by atoms with E-state index in [1.807, 2.05) is 11.8 Å². The Labute approximate surface area is 151 Å². The topological polar surface area (TPSA) is 38.8 Å². The number of piperidine rings is 1. The number of halogens is 3. The molecule has 3 rings (SSSR count). The fraction of sp³-hybridized carbons (Fsp3) is 0.632. The van der Waals surface area contributed by atoms with Crippen LogP contribution in [0.4, 0.5) is 13.2 Å². The van der Waals surface area contributed by atoms with Crippen molar-refractivity contribution in [3.8, 4) is 0 Å². The second-order valence-corrected chi connectivity index (χ2v) is 7.08. The molecule has 2 unspecified atom stereocenters. The minimum atomic E-state index is -4.34. The number of ether oxygens (including phenoxy) is 2. The highest BCUT2D eigenvalue weighted by molar-refractivity contribution is 5.77. The summed E-state index contributed by atoms with van der Waals surface area (Å²) in [5.41, 5.74) is 0.0672. The quantitative estimate of drug-likeness (QED) is 0.808. The number of rotatable bonds is 4. The Hall–Kier alpha value is -1.60. The molecule has 1 aromatic carbocycles. The van der Waals surface area contributed by atoms with Crippen LogP contribution in [0.25, 0.3) is 0 Å². The van der Waals surface area contributed by atoms with Gasteiger partial charge >= 0.3 is 6.18 Å². The van der Waals surface area contributed by atoms with Gasteiger partial charge in [-0.25, -0.2) is 0 Å². The van der Waals surface area contributed by atoms with Crippen LogP contribution < -0.4 is 0 Å². The van der Waals surface area contributed by atoms with Crippen LogP contribution in [0.15, 0.2) is 24.3 Å². The van der Waals surface area contributed by atoms with Crippen molar-refractivity contribution in [2.75, 3.05) is 26.3 Å². The first-order chi connectivity index (χ1) is 12.3. The minimum Gasteiger partial charge on any atom is -0.350 e. The van der Waals surface area contributed by atoms with Gasteiger partial charge in [0.1, 0.15) is 0 Å². The molecule has 0 spiro atoms.